The maximum atomic E-state index is 13.9. The number of amides is 3. The molecule has 0 saturated carbocycles. The topological polar surface area (TPSA) is 177 Å². The van der Waals surface area contributed by atoms with Gasteiger partial charge in [-0.05, 0) is 75.6 Å². The van der Waals surface area contributed by atoms with Gasteiger partial charge in [-0.25, -0.2) is 13.1 Å². The van der Waals surface area contributed by atoms with Crippen LogP contribution in [0.15, 0.2) is 101 Å². The van der Waals surface area contributed by atoms with E-state index in [1.165, 1.54) is 42.0 Å². The summed E-state index contributed by atoms with van der Waals surface area (Å²) in [6.07, 6.45) is 0.364. The molecule has 0 saturated heterocycles. The maximum Gasteiger partial charge on any atom is 0.312 e. The molecule has 4 aromatic rings. The van der Waals surface area contributed by atoms with Gasteiger partial charge in [-0.1, -0.05) is 54.6 Å². The van der Waals surface area contributed by atoms with Crippen molar-refractivity contribution in [2.45, 2.75) is 67.2 Å². The van der Waals surface area contributed by atoms with E-state index in [4.69, 9.17) is 4.74 Å². The van der Waals surface area contributed by atoms with Crippen molar-refractivity contribution in [3.05, 3.63) is 112 Å². The molecule has 3 N–H and O–H groups in total. The van der Waals surface area contributed by atoms with Crippen molar-refractivity contribution in [2.24, 2.45) is 0 Å². The predicted octanol–water partition coefficient (Wildman–Crippen LogP) is 6.64. The minimum absolute atomic E-state index is 0.0188. The number of ether oxygens (including phenoxy) is 1. The second-order valence-electron chi connectivity index (χ2n) is 13.6. The van der Waals surface area contributed by atoms with Gasteiger partial charge < -0.3 is 20.3 Å². The summed E-state index contributed by atoms with van der Waals surface area (Å²) in [5.41, 5.74) is 0.196. The Balaban J connectivity index is 1.71. The normalized spacial score (nSPS) is 12.0. The zero-order valence-corrected chi connectivity index (χ0v) is 32.7. The highest BCUT2D eigenvalue weighted by molar-refractivity contribution is 8.00. The number of anilines is 1. The molecule has 0 aliphatic carbocycles. The number of nitrogens with one attached hydrogen (secondary N) is 3. The van der Waals surface area contributed by atoms with E-state index >= 15 is 0 Å². The Morgan fingerprint density at radius 1 is 0.907 bits per heavy atom. The Kier molecular flexibility index (Phi) is 13.8. The van der Waals surface area contributed by atoms with E-state index in [-0.39, 0.29) is 60.1 Å². The van der Waals surface area contributed by atoms with E-state index in [2.05, 4.69) is 10.6 Å². The van der Waals surface area contributed by atoms with Crippen molar-refractivity contribution in [2.75, 3.05) is 26.5 Å². The van der Waals surface area contributed by atoms with Crippen LogP contribution in [0.3, 0.4) is 0 Å². The third-order valence-corrected chi connectivity index (χ3v) is 10.6. The molecule has 0 aromatic heterocycles. The van der Waals surface area contributed by atoms with Crippen LogP contribution < -0.4 is 20.1 Å². The van der Waals surface area contributed by atoms with Crippen LogP contribution in [-0.2, 0) is 26.0 Å². The fraction of sp³-hybridized carbons (Fsp3) is 0.308. The first kappa shape index (κ1) is 41.3. The summed E-state index contributed by atoms with van der Waals surface area (Å²) in [7, 11) is -0.187. The van der Waals surface area contributed by atoms with Gasteiger partial charge in [0.15, 0.2) is 4.90 Å². The van der Waals surface area contributed by atoms with Crippen molar-refractivity contribution in [1.29, 1.82) is 0 Å². The van der Waals surface area contributed by atoms with Crippen LogP contribution in [0.2, 0.25) is 0 Å². The minimum Gasteiger partial charge on any atom is -0.496 e. The average molecular weight is 776 g/mol. The highest BCUT2D eigenvalue weighted by atomic mass is 32.2. The lowest BCUT2D eigenvalue weighted by Gasteiger charge is -2.22. The first-order chi connectivity index (χ1) is 25.5. The Morgan fingerprint density at radius 2 is 1.56 bits per heavy atom. The molecule has 1 unspecified atom stereocenters. The van der Waals surface area contributed by atoms with E-state index in [0.29, 0.717) is 5.56 Å². The van der Waals surface area contributed by atoms with Gasteiger partial charge in [-0.3, -0.25) is 24.5 Å². The summed E-state index contributed by atoms with van der Waals surface area (Å²) in [5, 5.41) is 18.0. The smallest absolute Gasteiger partial charge is 0.312 e. The molecule has 0 radical (unpaired) electrons. The van der Waals surface area contributed by atoms with Gasteiger partial charge in [-0.2, -0.15) is 0 Å². The molecule has 286 valence electrons. The molecule has 13 nitrogen and oxygen atoms in total. The highest BCUT2D eigenvalue weighted by Crippen LogP contribution is 2.38. The number of sulfonamides is 1. The van der Waals surface area contributed by atoms with E-state index in [1.807, 2.05) is 86.2 Å². The predicted molar refractivity (Wildman–Crippen MR) is 210 cm³/mol. The highest BCUT2D eigenvalue weighted by Gasteiger charge is 2.33. The molecule has 4 aromatic carbocycles. The van der Waals surface area contributed by atoms with Gasteiger partial charge in [0.25, 0.3) is 15.9 Å². The van der Waals surface area contributed by atoms with Crippen LogP contribution in [0.25, 0.3) is 11.1 Å². The van der Waals surface area contributed by atoms with Crippen molar-refractivity contribution in [1.82, 2.24) is 14.9 Å². The Hall–Kier alpha value is -5.41. The molecule has 1 atom stereocenters. The number of hydrogen-bond acceptors (Lipinski definition) is 10. The molecule has 0 aliphatic heterocycles. The first-order valence-corrected chi connectivity index (χ1v) is 19.5. The van der Waals surface area contributed by atoms with Crippen LogP contribution >= 0.6 is 11.8 Å². The Morgan fingerprint density at radius 3 is 2.15 bits per heavy atom. The molecule has 3 amide bonds. The molecule has 0 bridgehead atoms. The molecule has 54 heavy (non-hydrogen) atoms. The fourth-order valence-corrected chi connectivity index (χ4v) is 7.86. The van der Waals surface area contributed by atoms with Crippen molar-refractivity contribution < 1.29 is 32.5 Å². The SMILES string of the molecule is COc1c(-c2ccccc2)ccc(C(=O)NS(=O)(=O)c2cccc(NC(CCC(=O)N(C)C)Sc3ccccc3)c2[N+](=O)[O-])c1CCC(=O)NC(C)(C)C. The number of thioether (sulfide) groups is 1. The van der Waals surface area contributed by atoms with E-state index in [0.717, 1.165) is 16.5 Å². The molecule has 0 spiro atoms. The van der Waals surface area contributed by atoms with Gasteiger partial charge in [0, 0.05) is 54.1 Å². The molecule has 0 aliphatic rings. The molecular formula is C39H45N5O8S2. The fourth-order valence-electron chi connectivity index (χ4n) is 5.64. The number of benzene rings is 4. The lowest BCUT2D eigenvalue weighted by atomic mass is 9.94. The summed E-state index contributed by atoms with van der Waals surface area (Å²) < 4.78 is 35.6. The summed E-state index contributed by atoms with van der Waals surface area (Å²) in [6, 6.07) is 25.2. The zero-order chi connectivity index (χ0) is 39.6. The summed E-state index contributed by atoms with van der Waals surface area (Å²) in [5.74, 6) is -1.22. The largest absolute Gasteiger partial charge is 0.496 e. The average Bonchev–Trinajstić information content (AvgIpc) is 3.12. The van der Waals surface area contributed by atoms with Gasteiger partial charge in [-0.15, -0.1) is 11.8 Å². The third kappa shape index (κ3) is 11.1. The van der Waals surface area contributed by atoms with Gasteiger partial charge in [0.05, 0.1) is 17.4 Å². The lowest BCUT2D eigenvalue weighted by molar-refractivity contribution is -0.386. The number of rotatable bonds is 16. The van der Waals surface area contributed by atoms with E-state index < -0.39 is 42.3 Å². The zero-order valence-electron chi connectivity index (χ0n) is 31.0. The van der Waals surface area contributed by atoms with Crippen LogP contribution in [0.1, 0.15) is 56.0 Å². The maximum absolute atomic E-state index is 13.9. The van der Waals surface area contributed by atoms with Crippen molar-refractivity contribution >= 4 is 50.9 Å². The molecule has 0 fully saturated rings. The number of nitro benzene ring substituents is 1. The number of carbonyl (C=O) groups excluding carboxylic acids is 3. The van der Waals surface area contributed by atoms with Crippen molar-refractivity contribution in [3.8, 4) is 16.9 Å². The van der Waals surface area contributed by atoms with Crippen LogP contribution in [0, 0.1) is 10.1 Å². The number of carbonyl (C=O) groups is 3. The third-order valence-electron chi connectivity index (χ3n) is 8.07. The second-order valence-corrected chi connectivity index (χ2v) is 16.5. The number of nitro groups is 1. The Bertz CT molecular complexity index is 2090. The molecular weight excluding hydrogens is 731 g/mol. The molecule has 4 rings (SSSR count). The quantitative estimate of drug-likeness (QED) is 0.0484. The second kappa shape index (κ2) is 18.1. The van der Waals surface area contributed by atoms with Crippen LogP contribution in [0.5, 0.6) is 5.75 Å². The molecule has 0 heterocycles. The van der Waals surface area contributed by atoms with E-state index in [1.54, 1.807) is 20.2 Å². The minimum atomic E-state index is -4.86. The van der Waals surface area contributed by atoms with Crippen molar-refractivity contribution in [3.63, 3.8) is 0 Å². The van der Waals surface area contributed by atoms with Crippen LogP contribution in [-0.4, -0.2) is 68.1 Å². The Labute approximate surface area is 320 Å². The van der Waals surface area contributed by atoms with Gasteiger partial charge in [0.1, 0.15) is 11.4 Å². The monoisotopic (exact) mass is 775 g/mol. The van der Waals surface area contributed by atoms with Gasteiger partial charge >= 0.3 is 5.69 Å². The first-order valence-electron chi connectivity index (χ1n) is 17.1. The number of nitrogens with zero attached hydrogens (tertiary/aromatic N) is 2. The summed E-state index contributed by atoms with van der Waals surface area (Å²) in [4.78, 5) is 52.5. The molecule has 15 heteroatoms. The standard InChI is InChI=1S/C39H45N5O8S2/c1-39(2,3)41-33(45)23-22-29-30(21-20-28(37(29)52-6)26-14-9-7-10-15-26)38(47)42-54(50,51)32-19-13-18-31(36(32)44(48)49)40-34(24-25-35(46)43(4)5)53-27-16-11-8-12-17-27/h7-21,34,40H,22-25H2,1-6H3,(H,41,45)(H,42,47). The summed E-state index contributed by atoms with van der Waals surface area (Å²) in [6.45, 7) is 5.51. The lowest BCUT2D eigenvalue weighted by Crippen LogP contribution is -2.40. The van der Waals surface area contributed by atoms with Gasteiger partial charge in [0.2, 0.25) is 11.8 Å². The number of para-hydroxylation sites is 1. The summed E-state index contributed by atoms with van der Waals surface area (Å²) >= 11 is 1.33. The number of hydrogen-bond donors (Lipinski definition) is 3. The number of methoxy groups -OCH3 is 1. The van der Waals surface area contributed by atoms with E-state index in [9.17, 15) is 32.9 Å². The van der Waals surface area contributed by atoms with Crippen LogP contribution in [0.4, 0.5) is 11.4 Å².